The van der Waals surface area contributed by atoms with E-state index in [1.54, 1.807) is 18.9 Å². The van der Waals surface area contributed by atoms with Crippen molar-refractivity contribution in [3.8, 4) is 0 Å². The zero-order chi connectivity index (χ0) is 9.14. The van der Waals surface area contributed by atoms with E-state index >= 15 is 0 Å². The number of rotatable bonds is 2. The third-order valence-electron chi connectivity index (χ3n) is 2.18. The largest absolute Gasteiger partial charge is 0.392 e. The predicted molar refractivity (Wildman–Crippen MR) is 49.3 cm³/mol. The smallest absolute Gasteiger partial charge is 0.160 e. The van der Waals surface area contributed by atoms with Gasteiger partial charge < -0.3 is 14.6 Å². The van der Waals surface area contributed by atoms with Crippen LogP contribution in [0.5, 0.6) is 0 Å². The molecule has 1 aliphatic rings. The maximum Gasteiger partial charge on any atom is 0.160 e. The number of aliphatic hydroxyl groups excluding tert-OH is 1. The summed E-state index contributed by atoms with van der Waals surface area (Å²) >= 11 is 1.64. The van der Waals surface area contributed by atoms with Crippen molar-refractivity contribution in [3.63, 3.8) is 0 Å². The molecule has 1 aliphatic heterocycles. The van der Waals surface area contributed by atoms with Gasteiger partial charge in [0.25, 0.3) is 0 Å². The van der Waals surface area contributed by atoms with Gasteiger partial charge in [-0.05, 0) is 13.2 Å². The Kier molecular flexibility index (Phi) is 3.83. The lowest BCUT2D eigenvalue weighted by Crippen LogP contribution is -2.45. The fourth-order valence-electron chi connectivity index (χ4n) is 1.52. The SMILES string of the molecule is CO[C@H]1C[C@@H](O)[C@@H](SC)[C@H](C)O1. The highest BCUT2D eigenvalue weighted by Gasteiger charge is 2.34. The molecular weight excluding hydrogens is 176 g/mol. The van der Waals surface area contributed by atoms with Crippen LogP contribution in [-0.2, 0) is 9.47 Å². The van der Waals surface area contributed by atoms with E-state index in [9.17, 15) is 5.11 Å². The van der Waals surface area contributed by atoms with Crippen LogP contribution in [-0.4, -0.2) is 42.2 Å². The molecule has 0 radical (unpaired) electrons. The second-order valence-electron chi connectivity index (χ2n) is 3.01. The molecule has 3 nitrogen and oxygen atoms in total. The molecule has 1 N–H and O–H groups in total. The summed E-state index contributed by atoms with van der Waals surface area (Å²) in [7, 11) is 1.60. The second-order valence-corrected chi connectivity index (χ2v) is 4.03. The highest BCUT2D eigenvalue weighted by atomic mass is 32.2. The molecule has 0 aromatic carbocycles. The average molecular weight is 192 g/mol. The molecule has 1 heterocycles. The van der Waals surface area contributed by atoms with Crippen molar-refractivity contribution in [3.05, 3.63) is 0 Å². The molecule has 0 amide bonds. The average Bonchev–Trinajstić information content (AvgIpc) is 2.03. The van der Waals surface area contributed by atoms with Crippen LogP contribution in [0.3, 0.4) is 0 Å². The molecule has 1 rings (SSSR count). The standard InChI is InChI=1S/C8H16O3S/c1-5-8(12-3)6(9)4-7(10-2)11-5/h5-9H,4H2,1-3H3/t5-,6+,7+,8-/m0/s1. The van der Waals surface area contributed by atoms with Crippen LogP contribution in [0, 0.1) is 0 Å². The first-order valence-corrected chi connectivity index (χ1v) is 5.37. The zero-order valence-corrected chi connectivity index (χ0v) is 8.50. The van der Waals surface area contributed by atoms with E-state index in [4.69, 9.17) is 9.47 Å². The summed E-state index contributed by atoms with van der Waals surface area (Å²) in [5.74, 6) is 0. The van der Waals surface area contributed by atoms with E-state index in [-0.39, 0.29) is 23.7 Å². The summed E-state index contributed by atoms with van der Waals surface area (Å²) in [4.78, 5) is 0. The summed E-state index contributed by atoms with van der Waals surface area (Å²) in [5.41, 5.74) is 0. The molecule has 12 heavy (non-hydrogen) atoms. The molecule has 0 spiro atoms. The Morgan fingerprint density at radius 1 is 1.58 bits per heavy atom. The van der Waals surface area contributed by atoms with Crippen molar-refractivity contribution in [1.29, 1.82) is 0 Å². The first kappa shape index (κ1) is 10.3. The lowest BCUT2D eigenvalue weighted by Gasteiger charge is -2.36. The van der Waals surface area contributed by atoms with Crippen molar-refractivity contribution in [1.82, 2.24) is 0 Å². The molecule has 72 valence electrons. The number of hydrogen-bond donors (Lipinski definition) is 1. The van der Waals surface area contributed by atoms with Gasteiger partial charge in [0.05, 0.1) is 17.5 Å². The van der Waals surface area contributed by atoms with Crippen LogP contribution in [0.2, 0.25) is 0 Å². The van der Waals surface area contributed by atoms with Gasteiger partial charge in [-0.2, -0.15) is 11.8 Å². The van der Waals surface area contributed by atoms with Crippen LogP contribution >= 0.6 is 11.8 Å². The molecule has 4 heteroatoms. The van der Waals surface area contributed by atoms with Gasteiger partial charge in [0, 0.05) is 13.5 Å². The Labute approximate surface area is 77.4 Å². The highest BCUT2D eigenvalue weighted by Crippen LogP contribution is 2.28. The lowest BCUT2D eigenvalue weighted by molar-refractivity contribution is -0.195. The fraction of sp³-hybridized carbons (Fsp3) is 1.00. The Morgan fingerprint density at radius 3 is 2.67 bits per heavy atom. The van der Waals surface area contributed by atoms with E-state index in [0.717, 1.165) is 0 Å². The topological polar surface area (TPSA) is 38.7 Å². The quantitative estimate of drug-likeness (QED) is 0.704. The first-order valence-electron chi connectivity index (χ1n) is 4.08. The van der Waals surface area contributed by atoms with Crippen LogP contribution in [0.4, 0.5) is 0 Å². The zero-order valence-electron chi connectivity index (χ0n) is 7.69. The lowest BCUT2D eigenvalue weighted by atomic mass is 10.1. The van der Waals surface area contributed by atoms with Gasteiger partial charge in [0.2, 0.25) is 0 Å². The summed E-state index contributed by atoms with van der Waals surface area (Å²) in [6.07, 6.45) is 2.08. The van der Waals surface area contributed by atoms with Crippen molar-refractivity contribution >= 4 is 11.8 Å². The molecule has 1 saturated heterocycles. The van der Waals surface area contributed by atoms with Gasteiger partial charge in [-0.1, -0.05) is 0 Å². The maximum atomic E-state index is 9.66. The number of thioether (sulfide) groups is 1. The maximum absolute atomic E-state index is 9.66. The number of methoxy groups -OCH3 is 1. The highest BCUT2D eigenvalue weighted by molar-refractivity contribution is 7.99. The van der Waals surface area contributed by atoms with Crippen LogP contribution in [0.25, 0.3) is 0 Å². The van der Waals surface area contributed by atoms with E-state index in [2.05, 4.69) is 0 Å². The fourth-order valence-corrected chi connectivity index (χ4v) is 2.39. The van der Waals surface area contributed by atoms with E-state index in [1.807, 2.05) is 13.2 Å². The third-order valence-corrected chi connectivity index (χ3v) is 3.42. The Bertz CT molecular complexity index is 130. The van der Waals surface area contributed by atoms with Gasteiger partial charge in [-0.3, -0.25) is 0 Å². The van der Waals surface area contributed by atoms with E-state index in [1.165, 1.54) is 0 Å². The normalized spacial score (nSPS) is 43.0. The van der Waals surface area contributed by atoms with Crippen molar-refractivity contribution < 1.29 is 14.6 Å². The number of hydrogen-bond acceptors (Lipinski definition) is 4. The molecule has 0 saturated carbocycles. The first-order chi connectivity index (χ1) is 5.69. The Balaban J connectivity index is 2.51. The van der Waals surface area contributed by atoms with Crippen LogP contribution in [0.1, 0.15) is 13.3 Å². The van der Waals surface area contributed by atoms with Crippen molar-refractivity contribution in [2.45, 2.75) is 37.1 Å². The minimum absolute atomic E-state index is 0.0636. The summed E-state index contributed by atoms with van der Waals surface area (Å²) in [6, 6.07) is 0. The molecule has 0 bridgehead atoms. The molecule has 0 aromatic heterocycles. The molecule has 4 atom stereocenters. The van der Waals surface area contributed by atoms with E-state index in [0.29, 0.717) is 6.42 Å². The van der Waals surface area contributed by atoms with Crippen LogP contribution < -0.4 is 0 Å². The van der Waals surface area contributed by atoms with E-state index < -0.39 is 0 Å². The van der Waals surface area contributed by atoms with Gasteiger partial charge in [-0.15, -0.1) is 0 Å². The summed E-state index contributed by atoms with van der Waals surface area (Å²) < 4.78 is 10.5. The van der Waals surface area contributed by atoms with Gasteiger partial charge in [0.1, 0.15) is 0 Å². The third kappa shape index (κ3) is 2.13. The van der Waals surface area contributed by atoms with Crippen LogP contribution in [0.15, 0.2) is 0 Å². The summed E-state index contributed by atoms with van der Waals surface area (Å²) in [5, 5.41) is 9.84. The van der Waals surface area contributed by atoms with Crippen molar-refractivity contribution in [2.24, 2.45) is 0 Å². The minimum atomic E-state index is -0.311. The number of aliphatic hydroxyl groups is 1. The summed E-state index contributed by atoms with van der Waals surface area (Å²) in [6.45, 7) is 1.97. The van der Waals surface area contributed by atoms with Gasteiger partial charge in [0.15, 0.2) is 6.29 Å². The molecule has 0 unspecified atom stereocenters. The number of ether oxygens (including phenoxy) is 2. The molecule has 0 aliphatic carbocycles. The Morgan fingerprint density at radius 2 is 2.25 bits per heavy atom. The monoisotopic (exact) mass is 192 g/mol. The Hall–Kier alpha value is 0.230. The van der Waals surface area contributed by atoms with Gasteiger partial charge in [-0.25, -0.2) is 0 Å². The van der Waals surface area contributed by atoms with Crippen molar-refractivity contribution in [2.75, 3.05) is 13.4 Å². The van der Waals surface area contributed by atoms with Gasteiger partial charge >= 0.3 is 0 Å². The molecule has 0 aromatic rings. The molecular formula is C8H16O3S. The predicted octanol–water partition coefficient (Wildman–Crippen LogP) is 0.860. The second kappa shape index (κ2) is 4.46. The minimum Gasteiger partial charge on any atom is -0.392 e. The molecule has 1 fully saturated rings.